The number of benzene rings is 2. The summed E-state index contributed by atoms with van der Waals surface area (Å²) in [5.41, 5.74) is 3.89. The van der Waals surface area contributed by atoms with Gasteiger partial charge in [0.25, 0.3) is 5.91 Å². The van der Waals surface area contributed by atoms with Gasteiger partial charge in [0, 0.05) is 43.0 Å². The first kappa shape index (κ1) is 23.0. The van der Waals surface area contributed by atoms with E-state index in [1.165, 1.54) is 0 Å². The number of hydrogen-bond acceptors (Lipinski definition) is 4. The average molecular weight is 450 g/mol. The second-order valence-electron chi connectivity index (χ2n) is 9.03. The molecule has 1 N–H and O–H groups in total. The van der Waals surface area contributed by atoms with E-state index in [4.69, 9.17) is 4.74 Å². The summed E-state index contributed by atoms with van der Waals surface area (Å²) in [4.78, 5) is 42.1. The molecule has 2 aliphatic rings. The van der Waals surface area contributed by atoms with Gasteiger partial charge in [-0.25, -0.2) is 0 Å². The van der Waals surface area contributed by atoms with Crippen LogP contribution in [0, 0.1) is 12.8 Å². The summed E-state index contributed by atoms with van der Waals surface area (Å²) in [6.07, 6.45) is 0.170. The summed E-state index contributed by atoms with van der Waals surface area (Å²) in [6, 6.07) is 13.3. The molecule has 0 spiro atoms. The van der Waals surface area contributed by atoms with Crippen LogP contribution in [-0.4, -0.2) is 55.5 Å². The number of carbonyl (C=O) groups is 3. The molecular formula is C26H31N3O4. The Balaban J connectivity index is 1.46. The minimum atomic E-state index is -0.446. The Morgan fingerprint density at radius 1 is 1.09 bits per heavy atom. The number of morpholine rings is 1. The fraction of sp³-hybridized carbons (Fsp3) is 0.423. The third kappa shape index (κ3) is 4.93. The molecular weight excluding hydrogens is 418 g/mol. The number of nitrogens with one attached hydrogen (secondary N) is 1. The fourth-order valence-electron chi connectivity index (χ4n) is 4.36. The maximum atomic E-state index is 13.0. The van der Waals surface area contributed by atoms with Crippen LogP contribution in [0.3, 0.4) is 0 Å². The Morgan fingerprint density at radius 2 is 1.82 bits per heavy atom. The van der Waals surface area contributed by atoms with Crippen LogP contribution >= 0.6 is 0 Å². The van der Waals surface area contributed by atoms with Crippen molar-refractivity contribution in [3.8, 4) is 0 Å². The van der Waals surface area contributed by atoms with Crippen LogP contribution in [0.2, 0.25) is 0 Å². The lowest BCUT2D eigenvalue weighted by Crippen LogP contribution is -2.41. The van der Waals surface area contributed by atoms with E-state index < -0.39 is 5.92 Å². The standard InChI is InChI=1S/C26H31N3O4/c1-17(2)19-6-4-7-21(14-19)29-16-20(15-24(29)30)25(31)27-23-9-5-8-22(18(23)3)26(32)28-10-12-33-13-11-28/h4-9,14,17,20H,10-13,15-16H2,1-3H3,(H,27,31). The summed E-state index contributed by atoms with van der Waals surface area (Å²) < 4.78 is 5.33. The minimum absolute atomic E-state index is 0.0518. The van der Waals surface area contributed by atoms with Gasteiger partial charge in [-0.3, -0.25) is 14.4 Å². The van der Waals surface area contributed by atoms with Gasteiger partial charge in [-0.2, -0.15) is 0 Å². The lowest BCUT2D eigenvalue weighted by Gasteiger charge is -2.27. The molecule has 1 atom stereocenters. The molecule has 4 rings (SSSR count). The zero-order valence-electron chi connectivity index (χ0n) is 19.5. The highest BCUT2D eigenvalue weighted by atomic mass is 16.5. The van der Waals surface area contributed by atoms with E-state index in [1.54, 1.807) is 28.0 Å². The monoisotopic (exact) mass is 449 g/mol. The highest BCUT2D eigenvalue weighted by Gasteiger charge is 2.35. The zero-order valence-corrected chi connectivity index (χ0v) is 19.5. The first-order valence-corrected chi connectivity index (χ1v) is 11.5. The molecule has 2 heterocycles. The Hall–Kier alpha value is -3.19. The van der Waals surface area contributed by atoms with Gasteiger partial charge < -0.3 is 19.9 Å². The van der Waals surface area contributed by atoms with Gasteiger partial charge in [0.1, 0.15) is 0 Å². The van der Waals surface area contributed by atoms with Crippen LogP contribution in [0.1, 0.15) is 47.7 Å². The van der Waals surface area contributed by atoms with Gasteiger partial charge in [0.05, 0.1) is 19.1 Å². The first-order chi connectivity index (χ1) is 15.8. The largest absolute Gasteiger partial charge is 0.378 e. The molecule has 2 aromatic rings. The van der Waals surface area contributed by atoms with Crippen LogP contribution in [0.15, 0.2) is 42.5 Å². The molecule has 7 heteroatoms. The second-order valence-corrected chi connectivity index (χ2v) is 9.03. The number of carbonyl (C=O) groups excluding carboxylic acids is 3. The fourth-order valence-corrected chi connectivity index (χ4v) is 4.36. The smallest absolute Gasteiger partial charge is 0.254 e. The van der Waals surface area contributed by atoms with Crippen molar-refractivity contribution in [3.05, 3.63) is 59.2 Å². The molecule has 2 fully saturated rings. The Labute approximate surface area is 194 Å². The number of nitrogens with zero attached hydrogens (tertiary/aromatic N) is 2. The maximum Gasteiger partial charge on any atom is 0.254 e. The quantitative estimate of drug-likeness (QED) is 0.757. The SMILES string of the molecule is Cc1c(NC(=O)C2CC(=O)N(c3cccc(C(C)C)c3)C2)cccc1C(=O)N1CCOCC1. The molecule has 2 aliphatic heterocycles. The molecule has 174 valence electrons. The Morgan fingerprint density at radius 3 is 2.55 bits per heavy atom. The van der Waals surface area contributed by atoms with E-state index in [9.17, 15) is 14.4 Å². The number of anilines is 2. The normalized spacial score (nSPS) is 18.7. The van der Waals surface area contributed by atoms with Crippen LogP contribution < -0.4 is 10.2 Å². The summed E-state index contributed by atoms with van der Waals surface area (Å²) in [5, 5.41) is 2.96. The van der Waals surface area contributed by atoms with E-state index in [0.29, 0.717) is 50.0 Å². The molecule has 2 aromatic carbocycles. The van der Waals surface area contributed by atoms with Gasteiger partial charge in [-0.1, -0.05) is 32.0 Å². The topological polar surface area (TPSA) is 79.0 Å². The lowest BCUT2D eigenvalue weighted by molar-refractivity contribution is -0.122. The second kappa shape index (κ2) is 9.75. The molecule has 0 radical (unpaired) electrons. The van der Waals surface area contributed by atoms with E-state index in [-0.39, 0.29) is 24.1 Å². The van der Waals surface area contributed by atoms with Gasteiger partial charge >= 0.3 is 0 Å². The molecule has 2 saturated heterocycles. The lowest BCUT2D eigenvalue weighted by atomic mass is 10.0. The van der Waals surface area contributed by atoms with Crippen LogP contribution in [0.5, 0.6) is 0 Å². The van der Waals surface area contributed by atoms with Gasteiger partial charge in [-0.15, -0.1) is 0 Å². The molecule has 33 heavy (non-hydrogen) atoms. The predicted octanol–water partition coefficient (Wildman–Crippen LogP) is 3.58. The average Bonchev–Trinajstić information content (AvgIpc) is 3.22. The van der Waals surface area contributed by atoms with Crippen molar-refractivity contribution in [1.29, 1.82) is 0 Å². The third-order valence-corrected chi connectivity index (χ3v) is 6.46. The van der Waals surface area contributed by atoms with Crippen molar-refractivity contribution in [2.45, 2.75) is 33.1 Å². The molecule has 0 aliphatic carbocycles. The van der Waals surface area contributed by atoms with Crippen molar-refractivity contribution >= 4 is 29.1 Å². The van der Waals surface area contributed by atoms with Gasteiger partial charge in [0.2, 0.25) is 11.8 Å². The highest BCUT2D eigenvalue weighted by molar-refractivity contribution is 6.04. The van der Waals surface area contributed by atoms with Crippen molar-refractivity contribution in [2.24, 2.45) is 5.92 Å². The van der Waals surface area contributed by atoms with Gasteiger partial charge in [0.15, 0.2) is 0 Å². The zero-order chi connectivity index (χ0) is 23.5. The summed E-state index contributed by atoms with van der Waals surface area (Å²) in [7, 11) is 0. The van der Waals surface area contributed by atoms with E-state index in [1.807, 2.05) is 31.2 Å². The van der Waals surface area contributed by atoms with Crippen LogP contribution in [0.4, 0.5) is 11.4 Å². The first-order valence-electron chi connectivity index (χ1n) is 11.5. The Bertz CT molecular complexity index is 1060. The van der Waals surface area contributed by atoms with E-state index >= 15 is 0 Å². The molecule has 0 aromatic heterocycles. The van der Waals surface area contributed by atoms with Crippen molar-refractivity contribution in [2.75, 3.05) is 43.1 Å². The van der Waals surface area contributed by atoms with Crippen molar-refractivity contribution < 1.29 is 19.1 Å². The highest BCUT2D eigenvalue weighted by Crippen LogP contribution is 2.29. The maximum absolute atomic E-state index is 13.0. The Kier molecular flexibility index (Phi) is 6.79. The number of rotatable bonds is 5. The third-order valence-electron chi connectivity index (χ3n) is 6.46. The number of ether oxygens (including phenoxy) is 1. The van der Waals surface area contributed by atoms with E-state index in [0.717, 1.165) is 16.8 Å². The molecule has 7 nitrogen and oxygen atoms in total. The minimum Gasteiger partial charge on any atom is -0.378 e. The number of hydrogen-bond donors (Lipinski definition) is 1. The molecule has 0 saturated carbocycles. The summed E-state index contributed by atoms with van der Waals surface area (Å²) in [5.74, 6) is -0.400. The summed E-state index contributed by atoms with van der Waals surface area (Å²) >= 11 is 0. The summed E-state index contributed by atoms with van der Waals surface area (Å²) in [6.45, 7) is 8.61. The van der Waals surface area contributed by atoms with Crippen molar-refractivity contribution in [3.63, 3.8) is 0 Å². The van der Waals surface area contributed by atoms with Gasteiger partial charge in [-0.05, 0) is 48.2 Å². The molecule has 3 amide bonds. The van der Waals surface area contributed by atoms with Crippen molar-refractivity contribution in [1.82, 2.24) is 4.90 Å². The molecule has 1 unspecified atom stereocenters. The predicted molar refractivity (Wildman–Crippen MR) is 128 cm³/mol. The number of amides is 3. The van der Waals surface area contributed by atoms with E-state index in [2.05, 4.69) is 19.2 Å². The van der Waals surface area contributed by atoms with Crippen LogP contribution in [-0.2, 0) is 14.3 Å². The van der Waals surface area contributed by atoms with Crippen LogP contribution in [0.25, 0.3) is 0 Å². The molecule has 0 bridgehead atoms.